The minimum absolute atomic E-state index is 0.00877. The SMILES string of the molecule is COCC[C@@H]1[C@@H](C)C/C=C/[C@](O)(C2SCCCS2)[C@@H]2CC[C@H]2CN2C[C@@]3(CCCc4cc(Cl)ccc43)COc3ccc(cc32)C(=O)NS1(=O)=O. The predicted molar refractivity (Wildman–Crippen MR) is 204 cm³/mol. The first-order valence-electron chi connectivity index (χ1n) is 18.0. The number of nitrogens with zero attached hydrogens (tertiary/aromatic N) is 1. The summed E-state index contributed by atoms with van der Waals surface area (Å²) in [6, 6.07) is 11.5. The Kier molecular flexibility index (Phi) is 10.8. The van der Waals surface area contributed by atoms with Crippen LogP contribution in [0.5, 0.6) is 5.75 Å². The maximum Gasteiger partial charge on any atom is 0.264 e. The molecule has 0 unspecified atom stereocenters. The number of carbonyl (C=O) groups is 1. The molecule has 12 heteroatoms. The second kappa shape index (κ2) is 14.9. The number of allylic oxidation sites excluding steroid dienone is 1. The Hall–Kier alpha value is -1.89. The standard InChI is InChI=1S/C38H49ClN2O6S3/c1-25-6-3-16-38(43,36-48-18-5-19-49-36)31-11-8-28(31)22-41-23-37(15-4-7-26-20-29(39)10-12-30(26)37)24-47-33-13-9-27(21-32(33)41)35(42)40-50(44,45)34(25)14-17-46-2/h3,9-10,12-13,16,20-21,25,28,31,34,36,43H,4-8,11,14-15,17-19,22-24H2,1-2H3,(H,40,42)/b16-3+/t25-,28-,31+,34+,37-,38+/m0/s1. The third kappa shape index (κ3) is 7.08. The summed E-state index contributed by atoms with van der Waals surface area (Å²) in [5, 5.41) is 12.6. The van der Waals surface area contributed by atoms with Crippen molar-refractivity contribution in [2.24, 2.45) is 17.8 Å². The molecule has 1 saturated heterocycles. The van der Waals surface area contributed by atoms with Gasteiger partial charge in [0, 0.05) is 42.8 Å². The zero-order chi connectivity index (χ0) is 35.1. The van der Waals surface area contributed by atoms with E-state index in [9.17, 15) is 18.3 Å². The molecule has 272 valence electrons. The second-order valence-corrected chi connectivity index (χ2v) is 20.0. The normalized spacial score (nSPS) is 33.6. The summed E-state index contributed by atoms with van der Waals surface area (Å²) >= 11 is 10.2. The van der Waals surface area contributed by atoms with Crippen molar-refractivity contribution in [2.75, 3.05) is 49.8 Å². The van der Waals surface area contributed by atoms with E-state index < -0.39 is 26.8 Å². The zero-order valence-corrected chi connectivity index (χ0v) is 32.1. The Balaban J connectivity index is 1.32. The molecule has 1 spiro atoms. The van der Waals surface area contributed by atoms with Crippen molar-refractivity contribution in [1.82, 2.24) is 4.72 Å². The molecule has 2 aromatic rings. The number of sulfonamides is 1. The van der Waals surface area contributed by atoms with Gasteiger partial charge in [0.2, 0.25) is 10.0 Å². The van der Waals surface area contributed by atoms with Crippen molar-refractivity contribution < 1.29 is 27.8 Å². The number of aryl methyl sites for hydroxylation is 1. The fourth-order valence-electron chi connectivity index (χ4n) is 8.93. The van der Waals surface area contributed by atoms with Crippen LogP contribution in [0.3, 0.4) is 0 Å². The van der Waals surface area contributed by atoms with Crippen LogP contribution in [0.25, 0.3) is 0 Å². The van der Waals surface area contributed by atoms with E-state index in [0.29, 0.717) is 31.9 Å². The first kappa shape index (κ1) is 36.5. The third-order valence-corrected chi connectivity index (χ3v) is 17.2. The number of hydrogen-bond donors (Lipinski definition) is 2. The number of hydrogen-bond acceptors (Lipinski definition) is 9. The van der Waals surface area contributed by atoms with Gasteiger partial charge < -0.3 is 19.5 Å². The average Bonchev–Trinajstić information content (AvgIpc) is 3.23. The van der Waals surface area contributed by atoms with Crippen molar-refractivity contribution in [3.8, 4) is 5.75 Å². The van der Waals surface area contributed by atoms with Crippen molar-refractivity contribution in [1.29, 1.82) is 0 Å². The molecule has 3 heterocycles. The number of aliphatic hydroxyl groups is 1. The minimum atomic E-state index is -4.07. The summed E-state index contributed by atoms with van der Waals surface area (Å²) in [6.07, 6.45) is 10.7. The van der Waals surface area contributed by atoms with Gasteiger partial charge in [0.1, 0.15) is 11.4 Å². The topological polar surface area (TPSA) is 105 Å². The number of thioether (sulfide) groups is 2. The molecule has 5 aliphatic rings. The molecule has 7 rings (SSSR count). The molecule has 50 heavy (non-hydrogen) atoms. The molecule has 2 bridgehead atoms. The first-order chi connectivity index (χ1) is 24.0. The Morgan fingerprint density at radius 2 is 1.96 bits per heavy atom. The van der Waals surface area contributed by atoms with Crippen LogP contribution in [0, 0.1) is 17.8 Å². The van der Waals surface area contributed by atoms with Crippen molar-refractivity contribution in [2.45, 2.75) is 79.1 Å². The molecule has 2 aliphatic carbocycles. The predicted octanol–water partition coefficient (Wildman–Crippen LogP) is 6.83. The van der Waals surface area contributed by atoms with Crippen molar-refractivity contribution >= 4 is 56.7 Å². The third-order valence-electron chi connectivity index (χ3n) is 11.7. The van der Waals surface area contributed by atoms with E-state index >= 15 is 0 Å². The number of ether oxygens (including phenoxy) is 2. The smallest absolute Gasteiger partial charge is 0.264 e. The fraction of sp³-hybridized carbons (Fsp3) is 0.605. The van der Waals surface area contributed by atoms with Gasteiger partial charge >= 0.3 is 0 Å². The van der Waals surface area contributed by atoms with E-state index in [0.717, 1.165) is 60.7 Å². The Morgan fingerprint density at radius 3 is 2.72 bits per heavy atom. The highest BCUT2D eigenvalue weighted by atomic mass is 35.5. The summed E-state index contributed by atoms with van der Waals surface area (Å²) in [7, 11) is -2.52. The molecular formula is C38H49ClN2O6S3. The monoisotopic (exact) mass is 760 g/mol. The molecule has 0 radical (unpaired) electrons. The number of fused-ring (bicyclic) bond motifs is 4. The molecule has 8 nitrogen and oxygen atoms in total. The van der Waals surface area contributed by atoms with Gasteiger partial charge in [-0.25, -0.2) is 13.1 Å². The number of benzene rings is 2. The van der Waals surface area contributed by atoms with Gasteiger partial charge in [0.05, 0.1) is 22.1 Å². The van der Waals surface area contributed by atoms with E-state index in [1.54, 1.807) is 19.2 Å². The highest BCUT2D eigenvalue weighted by molar-refractivity contribution is 8.17. The number of amides is 1. The number of carbonyl (C=O) groups excluding carboxylic acids is 1. The van der Waals surface area contributed by atoms with Gasteiger partial charge in [-0.15, -0.1) is 23.5 Å². The molecule has 1 saturated carbocycles. The highest BCUT2D eigenvalue weighted by Gasteiger charge is 2.52. The number of halogens is 1. The van der Waals surface area contributed by atoms with Crippen LogP contribution in [0.4, 0.5) is 5.69 Å². The fourth-order valence-corrected chi connectivity index (χ4v) is 14.0. The van der Waals surface area contributed by atoms with Crippen LogP contribution < -0.4 is 14.4 Å². The van der Waals surface area contributed by atoms with Crippen LogP contribution in [-0.2, 0) is 26.6 Å². The zero-order valence-electron chi connectivity index (χ0n) is 28.9. The Morgan fingerprint density at radius 1 is 1.14 bits per heavy atom. The Bertz CT molecular complexity index is 1720. The minimum Gasteiger partial charge on any atom is -0.490 e. The lowest BCUT2D eigenvalue weighted by atomic mass is 9.64. The summed E-state index contributed by atoms with van der Waals surface area (Å²) in [4.78, 5) is 16.1. The molecule has 3 aliphatic heterocycles. The van der Waals surface area contributed by atoms with Gasteiger partial charge in [-0.1, -0.05) is 36.7 Å². The Labute approximate surface area is 310 Å². The van der Waals surface area contributed by atoms with Crippen LogP contribution in [0.1, 0.15) is 73.4 Å². The van der Waals surface area contributed by atoms with Gasteiger partial charge in [0.15, 0.2) is 0 Å². The van der Waals surface area contributed by atoms with Crippen LogP contribution in [0.2, 0.25) is 5.02 Å². The highest BCUT2D eigenvalue weighted by Crippen LogP contribution is 2.53. The van der Waals surface area contributed by atoms with Crippen molar-refractivity contribution in [3.63, 3.8) is 0 Å². The lowest BCUT2D eigenvalue weighted by Gasteiger charge is -2.51. The molecule has 2 fully saturated rings. The largest absolute Gasteiger partial charge is 0.490 e. The molecule has 0 aromatic heterocycles. The summed E-state index contributed by atoms with van der Waals surface area (Å²) in [5.74, 6) is 2.03. The summed E-state index contributed by atoms with van der Waals surface area (Å²) in [6.45, 7) is 4.01. The molecule has 2 N–H and O–H groups in total. The number of anilines is 1. The lowest BCUT2D eigenvalue weighted by Crippen LogP contribution is -2.55. The van der Waals surface area contributed by atoms with Gasteiger partial charge in [-0.2, -0.15) is 0 Å². The van der Waals surface area contributed by atoms with Gasteiger partial charge in [-0.05, 0) is 122 Å². The number of methoxy groups -OCH3 is 1. The van der Waals surface area contributed by atoms with Crippen LogP contribution in [0.15, 0.2) is 48.6 Å². The van der Waals surface area contributed by atoms with E-state index in [4.69, 9.17) is 21.1 Å². The quantitative estimate of drug-likeness (QED) is 0.325. The maximum atomic E-state index is 13.9. The van der Waals surface area contributed by atoms with E-state index in [1.165, 1.54) is 11.1 Å². The number of nitrogens with one attached hydrogen (secondary N) is 1. The van der Waals surface area contributed by atoms with Crippen LogP contribution in [-0.4, -0.2) is 79.8 Å². The molecule has 1 amide bonds. The van der Waals surface area contributed by atoms with E-state index in [-0.39, 0.29) is 46.3 Å². The average molecular weight is 761 g/mol. The van der Waals surface area contributed by atoms with Gasteiger partial charge in [-0.3, -0.25) is 4.79 Å². The summed E-state index contributed by atoms with van der Waals surface area (Å²) < 4.78 is 42.1. The van der Waals surface area contributed by atoms with Gasteiger partial charge in [0.25, 0.3) is 5.91 Å². The summed E-state index contributed by atoms with van der Waals surface area (Å²) in [5.41, 5.74) is 2.24. The van der Waals surface area contributed by atoms with E-state index in [1.807, 2.05) is 54.7 Å². The van der Waals surface area contributed by atoms with Crippen LogP contribution >= 0.6 is 35.1 Å². The molecule has 2 aromatic carbocycles. The lowest BCUT2D eigenvalue weighted by molar-refractivity contribution is -0.0333. The van der Waals surface area contributed by atoms with E-state index in [2.05, 4.69) is 21.8 Å². The maximum absolute atomic E-state index is 13.9. The molecular weight excluding hydrogens is 712 g/mol. The molecule has 6 atom stereocenters. The number of rotatable bonds is 4. The second-order valence-electron chi connectivity index (χ2n) is 15.0. The van der Waals surface area contributed by atoms with Crippen molar-refractivity contribution in [3.05, 3.63) is 70.3 Å². The first-order valence-corrected chi connectivity index (χ1v) is 22.0.